The van der Waals surface area contributed by atoms with Gasteiger partial charge in [0.1, 0.15) is 17.4 Å². The van der Waals surface area contributed by atoms with E-state index in [9.17, 15) is 17.6 Å². The van der Waals surface area contributed by atoms with E-state index >= 15 is 0 Å². The van der Waals surface area contributed by atoms with Gasteiger partial charge in [0.2, 0.25) is 0 Å². The number of alkyl halides is 2. The van der Waals surface area contributed by atoms with Crippen molar-refractivity contribution in [2.24, 2.45) is 35.5 Å². The van der Waals surface area contributed by atoms with Gasteiger partial charge in [-0.2, -0.15) is 8.78 Å². The summed E-state index contributed by atoms with van der Waals surface area (Å²) in [4.78, 5) is 0. The summed E-state index contributed by atoms with van der Waals surface area (Å²) in [5.74, 6) is 0.610. The highest BCUT2D eigenvalue weighted by atomic mass is 19.3. The Kier molecular flexibility index (Phi) is 14.2. The molecule has 0 atom stereocenters. The van der Waals surface area contributed by atoms with Crippen LogP contribution in [-0.2, 0) is 0 Å². The number of rotatable bonds is 16. The van der Waals surface area contributed by atoms with E-state index in [2.05, 4.69) is 19.1 Å². The Bertz CT molecular complexity index is 917. The molecule has 0 heterocycles. The van der Waals surface area contributed by atoms with Crippen molar-refractivity contribution in [2.75, 3.05) is 0 Å². The Balaban J connectivity index is 1.04. The van der Waals surface area contributed by atoms with Crippen LogP contribution in [0.15, 0.2) is 30.4 Å². The molecule has 4 rings (SSSR count). The van der Waals surface area contributed by atoms with Gasteiger partial charge in [-0.1, -0.05) is 83.3 Å². The first-order valence-electron chi connectivity index (χ1n) is 18.0. The fourth-order valence-corrected chi connectivity index (χ4v) is 8.13. The fourth-order valence-electron chi connectivity index (χ4n) is 8.13. The van der Waals surface area contributed by atoms with Gasteiger partial charge in [0.15, 0.2) is 0 Å². The van der Waals surface area contributed by atoms with Crippen LogP contribution < -0.4 is 4.74 Å². The first-order valence-corrected chi connectivity index (χ1v) is 18.0. The Morgan fingerprint density at radius 2 is 1.05 bits per heavy atom. The smallest absolute Gasteiger partial charge is 0.400 e. The molecule has 0 aliphatic heterocycles. The predicted molar refractivity (Wildman–Crippen MR) is 169 cm³/mol. The van der Waals surface area contributed by atoms with Gasteiger partial charge in [-0.3, -0.25) is 0 Å². The molecule has 0 bridgehead atoms. The lowest BCUT2D eigenvalue weighted by atomic mass is 9.75. The zero-order chi connectivity index (χ0) is 30.5. The fraction of sp³-hybridized carbons (Fsp3) is 0.789. The third-order valence-corrected chi connectivity index (χ3v) is 11.0. The van der Waals surface area contributed by atoms with Crippen molar-refractivity contribution in [2.45, 2.75) is 154 Å². The Hall–Kier alpha value is -1.52. The van der Waals surface area contributed by atoms with E-state index in [1.54, 1.807) is 0 Å². The minimum absolute atomic E-state index is 0.397. The van der Waals surface area contributed by atoms with Gasteiger partial charge >= 0.3 is 6.11 Å². The van der Waals surface area contributed by atoms with E-state index in [0.29, 0.717) is 24.8 Å². The monoisotopic (exact) mass is 606 g/mol. The Morgan fingerprint density at radius 1 is 0.605 bits per heavy atom. The summed E-state index contributed by atoms with van der Waals surface area (Å²) in [7, 11) is 0. The molecule has 0 amide bonds. The molecule has 244 valence electrons. The molecule has 3 aliphatic carbocycles. The van der Waals surface area contributed by atoms with Crippen LogP contribution in [0.4, 0.5) is 17.6 Å². The molecule has 1 aromatic rings. The van der Waals surface area contributed by atoms with E-state index in [4.69, 9.17) is 4.74 Å². The number of unbranched alkanes of at least 4 members (excludes halogenated alkanes) is 6. The van der Waals surface area contributed by atoms with Crippen molar-refractivity contribution < 1.29 is 22.3 Å². The second kappa shape index (κ2) is 17.8. The number of hydrogen-bond donors (Lipinski definition) is 0. The van der Waals surface area contributed by atoms with Gasteiger partial charge in [-0.25, -0.2) is 8.78 Å². The van der Waals surface area contributed by atoms with Gasteiger partial charge in [-0.05, 0) is 107 Å². The minimum atomic E-state index is -3.41. The van der Waals surface area contributed by atoms with Crippen LogP contribution in [0.3, 0.4) is 0 Å². The molecule has 0 saturated heterocycles. The van der Waals surface area contributed by atoms with Crippen LogP contribution in [0.5, 0.6) is 5.75 Å². The summed E-state index contributed by atoms with van der Waals surface area (Å²) in [6.45, 7) is 2.29. The SMILES string of the molecule is CCCCCCCCCC1CCC(/C=C/C2CCC(CCC3CCC(C(F)(F)Oc4cc(F)cc(F)c4)CC3)CC2)CC1. The average Bonchev–Trinajstić information content (AvgIpc) is 2.99. The number of allylic oxidation sites excluding steroid dienone is 2. The molecule has 0 spiro atoms. The molecular formula is C38H58F4O. The van der Waals surface area contributed by atoms with Gasteiger partial charge in [0, 0.05) is 18.2 Å². The van der Waals surface area contributed by atoms with Crippen molar-refractivity contribution in [3.05, 3.63) is 42.0 Å². The van der Waals surface area contributed by atoms with E-state index in [1.807, 2.05) is 0 Å². The highest BCUT2D eigenvalue weighted by Crippen LogP contribution is 2.43. The van der Waals surface area contributed by atoms with Crippen LogP contribution in [0.25, 0.3) is 0 Å². The zero-order valence-corrected chi connectivity index (χ0v) is 26.8. The topological polar surface area (TPSA) is 9.23 Å². The summed E-state index contributed by atoms with van der Waals surface area (Å²) in [6.07, 6.45) is 28.6. The molecular weight excluding hydrogens is 548 g/mol. The lowest BCUT2D eigenvalue weighted by molar-refractivity contribution is -0.223. The Morgan fingerprint density at radius 3 is 1.56 bits per heavy atom. The number of ether oxygens (including phenoxy) is 1. The molecule has 5 heteroatoms. The summed E-state index contributed by atoms with van der Waals surface area (Å²) >= 11 is 0. The maximum absolute atomic E-state index is 14.7. The predicted octanol–water partition coefficient (Wildman–Crippen LogP) is 12.8. The quantitative estimate of drug-likeness (QED) is 0.103. The number of benzene rings is 1. The van der Waals surface area contributed by atoms with Crippen molar-refractivity contribution in [3.8, 4) is 5.75 Å². The molecule has 0 radical (unpaired) electrons. The summed E-state index contributed by atoms with van der Waals surface area (Å²) in [5, 5.41) is 0. The first-order chi connectivity index (χ1) is 20.8. The second-order valence-corrected chi connectivity index (χ2v) is 14.4. The first kappa shape index (κ1) is 34.4. The highest BCUT2D eigenvalue weighted by Gasteiger charge is 2.44. The average molecular weight is 607 g/mol. The normalized spacial score (nSPS) is 28.8. The van der Waals surface area contributed by atoms with Crippen LogP contribution in [-0.4, -0.2) is 6.11 Å². The van der Waals surface area contributed by atoms with Gasteiger partial charge in [-0.15, -0.1) is 0 Å². The molecule has 0 N–H and O–H groups in total. The van der Waals surface area contributed by atoms with Crippen LogP contribution >= 0.6 is 0 Å². The molecule has 0 aromatic heterocycles. The number of hydrogen-bond acceptors (Lipinski definition) is 1. The molecule has 1 nitrogen and oxygen atoms in total. The molecule has 1 aromatic carbocycles. The minimum Gasteiger partial charge on any atom is -0.432 e. The summed E-state index contributed by atoms with van der Waals surface area (Å²) in [5.41, 5.74) is 0. The maximum atomic E-state index is 14.7. The summed E-state index contributed by atoms with van der Waals surface area (Å²) < 4.78 is 61.0. The van der Waals surface area contributed by atoms with Crippen molar-refractivity contribution in [1.82, 2.24) is 0 Å². The van der Waals surface area contributed by atoms with Crippen LogP contribution in [0.2, 0.25) is 0 Å². The van der Waals surface area contributed by atoms with Crippen LogP contribution in [0.1, 0.15) is 148 Å². The molecule has 0 unspecified atom stereocenters. The second-order valence-electron chi connectivity index (χ2n) is 14.4. The lowest BCUT2D eigenvalue weighted by Gasteiger charge is -2.34. The van der Waals surface area contributed by atoms with E-state index in [-0.39, 0.29) is 0 Å². The van der Waals surface area contributed by atoms with Gasteiger partial charge in [0.25, 0.3) is 0 Å². The standard InChI is InChI=1S/C38H58F4O/c1-2-3-4-5-6-7-8-9-29-10-12-30(13-11-29)14-15-31-16-18-32(19-17-31)20-21-33-22-24-34(25-23-33)38(41,42)43-37-27-35(39)26-36(40)28-37/h14-15,26-34H,2-13,16-25H2,1H3/b15-14+. The van der Waals surface area contributed by atoms with Crippen LogP contribution in [0, 0.1) is 47.1 Å². The molecule has 3 fully saturated rings. The third kappa shape index (κ3) is 12.1. The van der Waals surface area contributed by atoms with E-state index in [1.165, 1.54) is 109 Å². The lowest BCUT2D eigenvalue weighted by Crippen LogP contribution is -2.37. The largest absolute Gasteiger partial charge is 0.432 e. The zero-order valence-electron chi connectivity index (χ0n) is 26.8. The van der Waals surface area contributed by atoms with Crippen molar-refractivity contribution >= 4 is 0 Å². The van der Waals surface area contributed by atoms with E-state index < -0.39 is 29.4 Å². The van der Waals surface area contributed by atoms with Crippen molar-refractivity contribution in [3.63, 3.8) is 0 Å². The Labute approximate surface area is 259 Å². The highest BCUT2D eigenvalue weighted by molar-refractivity contribution is 5.24. The van der Waals surface area contributed by atoms with Gasteiger partial charge < -0.3 is 4.74 Å². The van der Waals surface area contributed by atoms with E-state index in [0.717, 1.165) is 55.1 Å². The molecule has 43 heavy (non-hydrogen) atoms. The third-order valence-electron chi connectivity index (χ3n) is 11.0. The number of halogens is 4. The summed E-state index contributed by atoms with van der Waals surface area (Å²) in [6, 6.07) is 2.29. The maximum Gasteiger partial charge on any atom is 0.400 e. The molecule has 3 saturated carbocycles. The molecule has 3 aliphatic rings. The van der Waals surface area contributed by atoms with Gasteiger partial charge in [0.05, 0.1) is 5.92 Å². The van der Waals surface area contributed by atoms with Crippen molar-refractivity contribution in [1.29, 1.82) is 0 Å².